The summed E-state index contributed by atoms with van der Waals surface area (Å²) in [6.45, 7) is 4.94. The number of methoxy groups -OCH3 is 2. The van der Waals surface area contributed by atoms with Gasteiger partial charge in [0, 0.05) is 23.7 Å². The minimum atomic E-state index is -0.801. The van der Waals surface area contributed by atoms with E-state index in [2.05, 4.69) is 0 Å². The van der Waals surface area contributed by atoms with Gasteiger partial charge in [-0.1, -0.05) is 0 Å². The van der Waals surface area contributed by atoms with E-state index < -0.39 is 17.7 Å². The summed E-state index contributed by atoms with van der Waals surface area (Å²) >= 11 is 0. The van der Waals surface area contributed by atoms with Crippen LogP contribution < -0.4 is 14.2 Å². The predicted molar refractivity (Wildman–Crippen MR) is 134 cm³/mol. The Kier molecular flexibility index (Phi) is 8.40. The molecular weight excluding hydrogens is 448 g/mol. The third-order valence-electron chi connectivity index (χ3n) is 5.78. The molecule has 2 aromatic carbocycles. The highest BCUT2D eigenvalue weighted by Gasteiger charge is 2.46. The Morgan fingerprint density at radius 2 is 1.69 bits per heavy atom. The molecule has 0 spiro atoms. The fourth-order valence-electron chi connectivity index (χ4n) is 4.15. The van der Waals surface area contributed by atoms with Gasteiger partial charge in [-0.25, -0.2) is 0 Å². The third kappa shape index (κ3) is 5.77. The second-order valence-electron chi connectivity index (χ2n) is 8.95. The summed E-state index contributed by atoms with van der Waals surface area (Å²) < 4.78 is 16.6. The first-order chi connectivity index (χ1) is 16.7. The van der Waals surface area contributed by atoms with Gasteiger partial charge in [-0.2, -0.15) is 0 Å². The average molecular weight is 483 g/mol. The van der Waals surface area contributed by atoms with Gasteiger partial charge in [0.25, 0.3) is 11.7 Å². The first-order valence-electron chi connectivity index (χ1n) is 11.6. The molecule has 0 saturated carbocycles. The Labute approximate surface area is 206 Å². The molecule has 1 amide bonds. The van der Waals surface area contributed by atoms with E-state index >= 15 is 0 Å². The van der Waals surface area contributed by atoms with Crippen LogP contribution in [-0.4, -0.2) is 74.1 Å². The topological polar surface area (TPSA) is 88.5 Å². The average Bonchev–Trinajstić information content (AvgIpc) is 3.08. The number of aliphatic hydroxyl groups is 1. The SMILES string of the molecule is COc1ccc(C2/C(=C(/O)c3ccc(OC(C)C)cc3)C(=O)C(=O)N2CCCN(C)C)c(OC)c1. The van der Waals surface area contributed by atoms with Crippen molar-refractivity contribution >= 4 is 17.4 Å². The summed E-state index contributed by atoms with van der Waals surface area (Å²) in [5, 5.41) is 11.3. The molecular formula is C27H34N2O6. The van der Waals surface area contributed by atoms with Gasteiger partial charge in [-0.3, -0.25) is 9.59 Å². The normalized spacial score (nSPS) is 17.4. The molecule has 35 heavy (non-hydrogen) atoms. The summed E-state index contributed by atoms with van der Waals surface area (Å²) in [4.78, 5) is 29.9. The summed E-state index contributed by atoms with van der Waals surface area (Å²) in [5.74, 6) is 0.0773. The molecule has 1 aliphatic heterocycles. The molecule has 0 bridgehead atoms. The maximum Gasteiger partial charge on any atom is 0.295 e. The minimum Gasteiger partial charge on any atom is -0.507 e. The molecule has 0 radical (unpaired) electrons. The van der Waals surface area contributed by atoms with Crippen LogP contribution in [-0.2, 0) is 9.59 Å². The van der Waals surface area contributed by atoms with E-state index in [1.165, 1.54) is 12.0 Å². The predicted octanol–water partition coefficient (Wildman–Crippen LogP) is 3.86. The molecule has 1 saturated heterocycles. The van der Waals surface area contributed by atoms with Crippen LogP contribution in [0.1, 0.15) is 37.4 Å². The number of Topliss-reactive ketones (excluding diaryl/α,β-unsaturated/α-hetero) is 1. The molecule has 0 aliphatic carbocycles. The number of likely N-dealkylation sites (tertiary alicyclic amines) is 1. The number of nitrogens with zero attached hydrogens (tertiary/aromatic N) is 2. The van der Waals surface area contributed by atoms with Crippen LogP contribution in [0.2, 0.25) is 0 Å². The molecule has 3 rings (SSSR count). The molecule has 188 valence electrons. The molecule has 1 heterocycles. The van der Waals surface area contributed by atoms with Crippen molar-refractivity contribution in [3.63, 3.8) is 0 Å². The number of hydrogen-bond acceptors (Lipinski definition) is 7. The van der Waals surface area contributed by atoms with Crippen LogP contribution in [0.4, 0.5) is 0 Å². The first-order valence-corrected chi connectivity index (χ1v) is 11.6. The molecule has 2 aromatic rings. The van der Waals surface area contributed by atoms with E-state index in [4.69, 9.17) is 14.2 Å². The second kappa shape index (κ2) is 11.3. The molecule has 1 unspecified atom stereocenters. The molecule has 0 aromatic heterocycles. The lowest BCUT2D eigenvalue weighted by Crippen LogP contribution is -2.32. The number of amides is 1. The molecule has 1 aliphatic rings. The number of carbonyl (C=O) groups excluding carboxylic acids is 2. The Morgan fingerprint density at radius 3 is 2.26 bits per heavy atom. The number of ketones is 1. The zero-order valence-corrected chi connectivity index (χ0v) is 21.2. The van der Waals surface area contributed by atoms with Gasteiger partial charge >= 0.3 is 0 Å². The zero-order valence-electron chi connectivity index (χ0n) is 21.2. The maximum atomic E-state index is 13.2. The Hall–Kier alpha value is -3.52. The van der Waals surface area contributed by atoms with Crippen LogP contribution in [0.5, 0.6) is 17.2 Å². The number of hydrogen-bond donors (Lipinski definition) is 1. The lowest BCUT2D eigenvalue weighted by Gasteiger charge is -2.27. The van der Waals surface area contributed by atoms with Crippen molar-refractivity contribution < 1.29 is 28.9 Å². The number of benzene rings is 2. The van der Waals surface area contributed by atoms with E-state index in [0.29, 0.717) is 41.3 Å². The highest BCUT2D eigenvalue weighted by Crippen LogP contribution is 2.43. The lowest BCUT2D eigenvalue weighted by molar-refractivity contribution is -0.140. The van der Waals surface area contributed by atoms with Crippen molar-refractivity contribution in [1.29, 1.82) is 0 Å². The van der Waals surface area contributed by atoms with E-state index in [-0.39, 0.29) is 17.4 Å². The fraction of sp³-hybridized carbons (Fsp3) is 0.407. The van der Waals surface area contributed by atoms with Crippen LogP contribution in [0, 0.1) is 0 Å². The van der Waals surface area contributed by atoms with Gasteiger partial charge in [0.2, 0.25) is 0 Å². The van der Waals surface area contributed by atoms with Gasteiger partial charge < -0.3 is 29.1 Å². The summed E-state index contributed by atoms with van der Waals surface area (Å²) in [6, 6.07) is 11.2. The van der Waals surface area contributed by atoms with Gasteiger partial charge in [-0.05, 0) is 77.3 Å². The third-order valence-corrected chi connectivity index (χ3v) is 5.78. The Morgan fingerprint density at radius 1 is 1.03 bits per heavy atom. The summed E-state index contributed by atoms with van der Waals surface area (Å²) in [5.41, 5.74) is 1.05. The molecule has 8 nitrogen and oxygen atoms in total. The quantitative estimate of drug-likeness (QED) is 0.312. The summed E-state index contributed by atoms with van der Waals surface area (Å²) in [7, 11) is 6.97. The number of aliphatic hydroxyl groups excluding tert-OH is 1. The van der Waals surface area contributed by atoms with Gasteiger partial charge in [-0.15, -0.1) is 0 Å². The maximum absolute atomic E-state index is 13.2. The second-order valence-corrected chi connectivity index (χ2v) is 8.95. The van der Waals surface area contributed by atoms with Crippen molar-refractivity contribution in [3.05, 3.63) is 59.2 Å². The van der Waals surface area contributed by atoms with Crippen molar-refractivity contribution in [2.24, 2.45) is 0 Å². The van der Waals surface area contributed by atoms with Crippen molar-refractivity contribution in [1.82, 2.24) is 9.80 Å². The number of rotatable bonds is 10. The van der Waals surface area contributed by atoms with Crippen LogP contribution >= 0.6 is 0 Å². The molecule has 1 N–H and O–H groups in total. The van der Waals surface area contributed by atoms with Crippen molar-refractivity contribution in [3.8, 4) is 17.2 Å². The fourth-order valence-corrected chi connectivity index (χ4v) is 4.15. The monoisotopic (exact) mass is 482 g/mol. The number of carbonyl (C=O) groups is 2. The minimum absolute atomic E-state index is 0.00414. The standard InChI is InChI=1S/C27H34N2O6/c1-17(2)35-19-10-8-18(9-11-19)25(30)23-24(21-13-12-20(33-5)16-22(21)34-6)29(27(32)26(23)31)15-7-14-28(3)4/h8-13,16-17,24,30H,7,14-15H2,1-6H3/b25-23-. The number of ether oxygens (including phenoxy) is 3. The van der Waals surface area contributed by atoms with Gasteiger partial charge in [0.15, 0.2) is 0 Å². The van der Waals surface area contributed by atoms with Gasteiger partial charge in [0.05, 0.1) is 31.9 Å². The summed E-state index contributed by atoms with van der Waals surface area (Å²) in [6.07, 6.45) is 0.667. The highest BCUT2D eigenvalue weighted by molar-refractivity contribution is 6.46. The zero-order chi connectivity index (χ0) is 25.7. The molecule has 1 atom stereocenters. The first kappa shape index (κ1) is 26.1. The van der Waals surface area contributed by atoms with Crippen LogP contribution in [0.15, 0.2) is 48.0 Å². The largest absolute Gasteiger partial charge is 0.507 e. The van der Waals surface area contributed by atoms with Crippen LogP contribution in [0.3, 0.4) is 0 Å². The highest BCUT2D eigenvalue weighted by atomic mass is 16.5. The lowest BCUT2D eigenvalue weighted by atomic mass is 9.94. The smallest absolute Gasteiger partial charge is 0.295 e. The molecule has 8 heteroatoms. The van der Waals surface area contributed by atoms with Crippen molar-refractivity contribution in [2.45, 2.75) is 32.4 Å². The van der Waals surface area contributed by atoms with E-state index in [0.717, 1.165) is 6.54 Å². The van der Waals surface area contributed by atoms with Crippen LogP contribution in [0.25, 0.3) is 5.76 Å². The van der Waals surface area contributed by atoms with E-state index in [1.807, 2.05) is 32.8 Å². The van der Waals surface area contributed by atoms with E-state index in [1.54, 1.807) is 49.6 Å². The van der Waals surface area contributed by atoms with E-state index in [9.17, 15) is 14.7 Å². The van der Waals surface area contributed by atoms with Crippen molar-refractivity contribution in [2.75, 3.05) is 41.4 Å². The van der Waals surface area contributed by atoms with Gasteiger partial charge in [0.1, 0.15) is 23.0 Å². The molecule has 1 fully saturated rings. The Balaban J connectivity index is 2.12. The Bertz CT molecular complexity index is 1090.